The first kappa shape index (κ1) is 21.4. The fraction of sp³-hybridized carbons (Fsp3) is 0.542. The maximum absolute atomic E-state index is 12.6. The molecule has 1 aromatic heterocycles. The van der Waals surface area contributed by atoms with Crippen molar-refractivity contribution in [3.63, 3.8) is 0 Å². The molecule has 0 radical (unpaired) electrons. The number of hydrogen-bond acceptors (Lipinski definition) is 6. The lowest BCUT2D eigenvalue weighted by Gasteiger charge is -2.46. The molecule has 1 amide bonds. The van der Waals surface area contributed by atoms with Crippen LogP contribution in [0, 0.1) is 11.3 Å². The number of carbonyl (C=O) groups is 1. The van der Waals surface area contributed by atoms with Gasteiger partial charge in [0.25, 0.3) is 0 Å². The predicted molar refractivity (Wildman–Crippen MR) is 121 cm³/mol. The van der Waals surface area contributed by atoms with Crippen LogP contribution in [0.5, 0.6) is 0 Å². The van der Waals surface area contributed by atoms with Gasteiger partial charge in [0, 0.05) is 62.1 Å². The van der Waals surface area contributed by atoms with E-state index >= 15 is 0 Å². The second-order valence-electron chi connectivity index (χ2n) is 9.55. The van der Waals surface area contributed by atoms with E-state index in [2.05, 4.69) is 33.8 Å². The largest absolute Gasteiger partial charge is 0.444 e. The summed E-state index contributed by atoms with van der Waals surface area (Å²) in [7, 11) is 0. The summed E-state index contributed by atoms with van der Waals surface area (Å²) >= 11 is 0. The summed E-state index contributed by atoms with van der Waals surface area (Å²) in [5, 5.41) is 10.5. The Bertz CT molecular complexity index is 1010. The van der Waals surface area contributed by atoms with Gasteiger partial charge in [-0.15, -0.1) is 0 Å². The van der Waals surface area contributed by atoms with Crippen LogP contribution in [0.1, 0.15) is 39.7 Å². The summed E-state index contributed by atoms with van der Waals surface area (Å²) in [5.41, 5.74) is 2.01. The number of fused-ring (bicyclic) bond motifs is 2. The van der Waals surface area contributed by atoms with Gasteiger partial charge in [-0.3, -0.25) is 9.88 Å². The highest BCUT2D eigenvalue weighted by molar-refractivity contribution is 5.95. The van der Waals surface area contributed by atoms with Gasteiger partial charge in [-0.25, -0.2) is 4.79 Å². The van der Waals surface area contributed by atoms with E-state index in [0.29, 0.717) is 30.7 Å². The first-order valence-electron chi connectivity index (χ1n) is 11.0. The summed E-state index contributed by atoms with van der Waals surface area (Å²) < 4.78 is 5.60. The van der Waals surface area contributed by atoms with Crippen molar-refractivity contribution in [1.82, 2.24) is 14.8 Å². The molecule has 2 aliphatic rings. The third-order valence-corrected chi connectivity index (χ3v) is 6.17. The van der Waals surface area contributed by atoms with Gasteiger partial charge in [0.2, 0.25) is 0 Å². The number of pyridine rings is 1. The Morgan fingerprint density at radius 1 is 1.19 bits per heavy atom. The molecule has 2 aromatic rings. The molecule has 0 bridgehead atoms. The highest BCUT2D eigenvalue weighted by atomic mass is 16.6. The minimum atomic E-state index is -0.481. The molecule has 0 spiro atoms. The van der Waals surface area contributed by atoms with Crippen LogP contribution in [0.4, 0.5) is 10.5 Å². The van der Waals surface area contributed by atoms with Crippen LogP contribution in [-0.2, 0) is 4.74 Å². The number of benzene rings is 1. The molecule has 0 saturated carbocycles. The van der Waals surface area contributed by atoms with Crippen LogP contribution in [0.3, 0.4) is 0 Å². The number of carbonyl (C=O) groups excluding carboxylic acids is 1. The van der Waals surface area contributed by atoms with Crippen molar-refractivity contribution in [2.24, 2.45) is 0 Å². The summed E-state index contributed by atoms with van der Waals surface area (Å²) in [6.07, 6.45) is 2.43. The van der Waals surface area contributed by atoms with Crippen LogP contribution in [0.25, 0.3) is 10.9 Å². The monoisotopic (exact) mass is 421 g/mol. The second-order valence-corrected chi connectivity index (χ2v) is 9.55. The molecule has 3 heterocycles. The first-order valence-corrected chi connectivity index (χ1v) is 11.0. The number of nitriles is 1. The van der Waals surface area contributed by atoms with E-state index in [1.54, 1.807) is 6.20 Å². The number of ether oxygens (including phenoxy) is 1. The van der Waals surface area contributed by atoms with Crippen LogP contribution in [-0.4, -0.2) is 71.3 Å². The van der Waals surface area contributed by atoms with E-state index in [1.165, 1.54) is 0 Å². The molecule has 0 unspecified atom stereocenters. The summed E-state index contributed by atoms with van der Waals surface area (Å²) in [6.45, 7) is 12.0. The fourth-order valence-corrected chi connectivity index (χ4v) is 4.76. The average molecular weight is 422 g/mol. The zero-order valence-electron chi connectivity index (χ0n) is 18.8. The molecular weight excluding hydrogens is 390 g/mol. The minimum absolute atomic E-state index is 0.221. The molecule has 0 aliphatic carbocycles. The second kappa shape index (κ2) is 8.35. The van der Waals surface area contributed by atoms with Gasteiger partial charge in [0.15, 0.2) is 0 Å². The maximum atomic E-state index is 12.6. The fourth-order valence-electron chi connectivity index (χ4n) is 4.76. The standard InChI is InChI=1S/C24H31N5O2/c1-17-15-28(21-8-7-18(14-25)22-20(21)6-5-10-26-22)16-19-9-11-27(12-13-29(17)19)23(30)31-24(2,3)4/h5-8,10,17,19H,9,11-13,15-16H2,1-4H3/t17-,19+/m1/s1. The average Bonchev–Trinajstić information content (AvgIpc) is 2.95. The zero-order valence-corrected chi connectivity index (χ0v) is 18.8. The third-order valence-electron chi connectivity index (χ3n) is 6.17. The van der Waals surface area contributed by atoms with E-state index in [0.717, 1.165) is 42.6 Å². The maximum Gasteiger partial charge on any atom is 0.410 e. The SMILES string of the molecule is C[C@@H]1CN(c2ccc(C#N)c3ncccc23)C[C@@H]2CCN(C(=O)OC(C)(C)C)CCN21. The van der Waals surface area contributed by atoms with Crippen molar-refractivity contribution >= 4 is 22.7 Å². The van der Waals surface area contributed by atoms with Crippen LogP contribution in [0.15, 0.2) is 30.5 Å². The van der Waals surface area contributed by atoms with Gasteiger partial charge < -0.3 is 14.5 Å². The quantitative estimate of drug-likeness (QED) is 0.700. The number of aromatic nitrogens is 1. The third kappa shape index (κ3) is 4.45. The Morgan fingerprint density at radius 2 is 2.00 bits per heavy atom. The van der Waals surface area contributed by atoms with Crippen molar-refractivity contribution in [3.05, 3.63) is 36.0 Å². The molecule has 0 N–H and O–H groups in total. The topological polar surface area (TPSA) is 72.7 Å². The number of anilines is 1. The Morgan fingerprint density at radius 3 is 2.74 bits per heavy atom. The molecule has 7 nitrogen and oxygen atoms in total. The number of rotatable bonds is 1. The molecule has 7 heteroatoms. The van der Waals surface area contributed by atoms with Gasteiger partial charge in [0.05, 0.1) is 11.1 Å². The number of nitrogens with zero attached hydrogens (tertiary/aromatic N) is 5. The molecule has 2 aliphatic heterocycles. The lowest BCUT2D eigenvalue weighted by molar-refractivity contribution is 0.0255. The van der Waals surface area contributed by atoms with Crippen molar-refractivity contribution in [2.45, 2.75) is 51.8 Å². The molecule has 2 fully saturated rings. The molecule has 164 valence electrons. The van der Waals surface area contributed by atoms with Crippen molar-refractivity contribution in [1.29, 1.82) is 5.26 Å². The smallest absolute Gasteiger partial charge is 0.410 e. The molecule has 2 atom stereocenters. The van der Waals surface area contributed by atoms with Crippen LogP contribution < -0.4 is 4.90 Å². The Labute approximate surface area is 184 Å². The van der Waals surface area contributed by atoms with E-state index < -0.39 is 5.60 Å². The number of hydrogen-bond donors (Lipinski definition) is 0. The highest BCUT2D eigenvalue weighted by Crippen LogP contribution is 2.32. The number of amides is 1. The zero-order chi connectivity index (χ0) is 22.2. The Kier molecular flexibility index (Phi) is 5.76. The Balaban J connectivity index is 1.54. The van der Waals surface area contributed by atoms with Gasteiger partial charge in [-0.1, -0.05) is 0 Å². The molecular formula is C24H31N5O2. The first-order chi connectivity index (χ1) is 14.8. The van der Waals surface area contributed by atoms with Crippen molar-refractivity contribution in [2.75, 3.05) is 37.6 Å². The normalized spacial score (nSPS) is 22.5. The highest BCUT2D eigenvalue weighted by Gasteiger charge is 2.36. The summed E-state index contributed by atoms with van der Waals surface area (Å²) in [4.78, 5) is 23.8. The van der Waals surface area contributed by atoms with E-state index in [-0.39, 0.29) is 6.09 Å². The minimum Gasteiger partial charge on any atom is -0.444 e. The lowest BCUT2D eigenvalue weighted by atomic mass is 10.0. The van der Waals surface area contributed by atoms with Gasteiger partial charge in [-0.05, 0) is 58.4 Å². The molecule has 31 heavy (non-hydrogen) atoms. The molecule has 4 rings (SSSR count). The van der Waals surface area contributed by atoms with E-state index in [9.17, 15) is 10.1 Å². The lowest BCUT2D eigenvalue weighted by Crippen LogP contribution is -2.58. The Hall–Kier alpha value is -2.85. The summed E-state index contributed by atoms with van der Waals surface area (Å²) in [6, 6.07) is 10.9. The van der Waals surface area contributed by atoms with Crippen molar-refractivity contribution < 1.29 is 9.53 Å². The van der Waals surface area contributed by atoms with Gasteiger partial charge >= 0.3 is 6.09 Å². The summed E-state index contributed by atoms with van der Waals surface area (Å²) in [5.74, 6) is 0. The van der Waals surface area contributed by atoms with Gasteiger partial charge in [-0.2, -0.15) is 5.26 Å². The van der Waals surface area contributed by atoms with E-state index in [1.807, 2.05) is 43.9 Å². The molecule has 1 aromatic carbocycles. The van der Waals surface area contributed by atoms with Gasteiger partial charge in [0.1, 0.15) is 11.7 Å². The predicted octanol–water partition coefficient (Wildman–Crippen LogP) is 3.63. The van der Waals surface area contributed by atoms with Crippen LogP contribution >= 0.6 is 0 Å². The number of piperazine rings is 1. The van der Waals surface area contributed by atoms with Crippen molar-refractivity contribution in [3.8, 4) is 6.07 Å². The van der Waals surface area contributed by atoms with E-state index in [4.69, 9.17) is 4.74 Å². The van der Waals surface area contributed by atoms with Crippen LogP contribution in [0.2, 0.25) is 0 Å². The molecule has 2 saturated heterocycles.